The highest BCUT2D eigenvalue weighted by molar-refractivity contribution is 7.99. The zero-order valence-electron chi connectivity index (χ0n) is 16.0. The summed E-state index contributed by atoms with van der Waals surface area (Å²) in [7, 11) is 0. The number of hydrogen-bond donors (Lipinski definition) is 1. The van der Waals surface area contributed by atoms with Crippen LogP contribution in [0.3, 0.4) is 0 Å². The molecule has 146 valence electrons. The Morgan fingerprint density at radius 1 is 1.25 bits per heavy atom. The fourth-order valence-corrected chi connectivity index (χ4v) is 3.72. The topological polar surface area (TPSA) is 84.2 Å². The second-order valence-electron chi connectivity index (χ2n) is 6.87. The molecular formula is C21H23N3O3S. The lowest BCUT2D eigenvalue weighted by Gasteiger charge is -2.19. The van der Waals surface area contributed by atoms with E-state index >= 15 is 0 Å². The number of benzene rings is 1. The first-order valence-corrected chi connectivity index (χ1v) is 10.3. The number of nitriles is 1. The number of thioether (sulfide) groups is 1. The lowest BCUT2D eigenvalue weighted by Crippen LogP contribution is -2.16. The number of anilines is 1. The molecule has 0 spiro atoms. The Morgan fingerprint density at radius 2 is 2.04 bits per heavy atom. The summed E-state index contributed by atoms with van der Waals surface area (Å²) in [5, 5.41) is 12.8. The molecule has 1 aromatic carbocycles. The Morgan fingerprint density at radius 3 is 2.79 bits per heavy atom. The molecule has 0 atom stereocenters. The largest absolute Gasteiger partial charge is 0.486 e. The van der Waals surface area contributed by atoms with E-state index in [1.54, 1.807) is 18.2 Å². The third-order valence-electron chi connectivity index (χ3n) is 4.05. The van der Waals surface area contributed by atoms with E-state index in [1.165, 1.54) is 11.8 Å². The van der Waals surface area contributed by atoms with E-state index < -0.39 is 0 Å². The fraction of sp³-hybridized carbons (Fsp3) is 0.381. The van der Waals surface area contributed by atoms with Crippen molar-refractivity contribution in [3.8, 4) is 17.6 Å². The van der Waals surface area contributed by atoms with Crippen molar-refractivity contribution in [3.63, 3.8) is 0 Å². The standard InChI is InChI=1S/C21H23N3O3S/c1-14(2)11-16-4-3-15(13-22)21(24-16)28-10-7-20(25)23-17-5-6-18-19(12-17)27-9-8-26-18/h3-6,12,14H,7-11H2,1-2H3,(H,23,25). The average molecular weight is 398 g/mol. The smallest absolute Gasteiger partial charge is 0.225 e. The zero-order chi connectivity index (χ0) is 19.9. The van der Waals surface area contributed by atoms with Crippen LogP contribution in [-0.2, 0) is 11.2 Å². The normalized spacial score (nSPS) is 12.5. The van der Waals surface area contributed by atoms with E-state index in [0.717, 1.165) is 12.1 Å². The summed E-state index contributed by atoms with van der Waals surface area (Å²) in [6.45, 7) is 5.31. The maximum absolute atomic E-state index is 12.3. The van der Waals surface area contributed by atoms with Gasteiger partial charge in [0.1, 0.15) is 24.3 Å². The van der Waals surface area contributed by atoms with Gasteiger partial charge in [-0.3, -0.25) is 4.79 Å². The van der Waals surface area contributed by atoms with E-state index in [-0.39, 0.29) is 5.91 Å². The van der Waals surface area contributed by atoms with E-state index in [9.17, 15) is 10.1 Å². The van der Waals surface area contributed by atoms with Gasteiger partial charge in [0, 0.05) is 29.6 Å². The quantitative estimate of drug-likeness (QED) is 0.710. The molecule has 0 radical (unpaired) electrons. The number of carbonyl (C=O) groups is 1. The molecule has 2 aromatic rings. The molecule has 3 rings (SSSR count). The molecule has 1 aromatic heterocycles. The van der Waals surface area contributed by atoms with Crippen LogP contribution in [0.25, 0.3) is 0 Å². The van der Waals surface area contributed by atoms with E-state index in [2.05, 4.69) is 30.2 Å². The number of fused-ring (bicyclic) bond motifs is 1. The number of carbonyl (C=O) groups excluding carboxylic acids is 1. The first-order valence-electron chi connectivity index (χ1n) is 9.27. The Labute approximate surface area is 169 Å². The molecule has 1 aliphatic rings. The Bertz CT molecular complexity index is 893. The van der Waals surface area contributed by atoms with Crippen LogP contribution >= 0.6 is 11.8 Å². The van der Waals surface area contributed by atoms with Crippen molar-refractivity contribution in [3.05, 3.63) is 41.6 Å². The molecule has 6 nitrogen and oxygen atoms in total. The van der Waals surface area contributed by atoms with Gasteiger partial charge in [0.25, 0.3) is 0 Å². The summed E-state index contributed by atoms with van der Waals surface area (Å²) in [6, 6.07) is 11.2. The number of aromatic nitrogens is 1. The highest BCUT2D eigenvalue weighted by Gasteiger charge is 2.13. The predicted molar refractivity (Wildman–Crippen MR) is 109 cm³/mol. The molecule has 0 bridgehead atoms. The van der Waals surface area contributed by atoms with Gasteiger partial charge in [-0.05, 0) is 36.6 Å². The Balaban J connectivity index is 1.54. The molecule has 1 amide bonds. The molecule has 1 N–H and O–H groups in total. The summed E-state index contributed by atoms with van der Waals surface area (Å²) in [5.74, 6) is 2.28. The van der Waals surface area contributed by atoms with Gasteiger partial charge in [-0.2, -0.15) is 5.26 Å². The minimum Gasteiger partial charge on any atom is -0.486 e. The second-order valence-corrected chi connectivity index (χ2v) is 7.95. The molecule has 0 aliphatic carbocycles. The number of rotatable bonds is 7. The van der Waals surface area contributed by atoms with Gasteiger partial charge in [-0.1, -0.05) is 13.8 Å². The lowest BCUT2D eigenvalue weighted by molar-refractivity contribution is -0.115. The maximum atomic E-state index is 12.3. The highest BCUT2D eigenvalue weighted by Crippen LogP contribution is 2.32. The van der Waals surface area contributed by atoms with Crippen LogP contribution in [0, 0.1) is 17.2 Å². The third-order valence-corrected chi connectivity index (χ3v) is 5.04. The van der Waals surface area contributed by atoms with Gasteiger partial charge in [0.05, 0.1) is 5.56 Å². The molecular weight excluding hydrogens is 374 g/mol. The predicted octanol–water partition coefficient (Wildman–Crippen LogP) is 4.04. The minimum atomic E-state index is -0.0963. The van der Waals surface area contributed by atoms with Gasteiger partial charge in [0.2, 0.25) is 5.91 Å². The fourth-order valence-electron chi connectivity index (χ4n) is 2.79. The summed E-state index contributed by atoms with van der Waals surface area (Å²) < 4.78 is 11.0. The van der Waals surface area contributed by atoms with Crippen molar-refractivity contribution in [1.29, 1.82) is 5.26 Å². The van der Waals surface area contributed by atoms with Crippen LogP contribution in [-0.4, -0.2) is 29.9 Å². The van der Waals surface area contributed by atoms with E-state index in [4.69, 9.17) is 9.47 Å². The van der Waals surface area contributed by atoms with Gasteiger partial charge in [-0.25, -0.2) is 4.98 Å². The number of amides is 1. The van der Waals surface area contributed by atoms with Crippen LogP contribution in [0.2, 0.25) is 0 Å². The van der Waals surface area contributed by atoms with Crippen LogP contribution in [0.15, 0.2) is 35.4 Å². The Hall–Kier alpha value is -2.72. The maximum Gasteiger partial charge on any atom is 0.225 e. The number of ether oxygens (including phenoxy) is 2. The molecule has 0 saturated heterocycles. The van der Waals surface area contributed by atoms with E-state index in [1.807, 2.05) is 12.1 Å². The zero-order valence-corrected chi connectivity index (χ0v) is 16.8. The average Bonchev–Trinajstić information content (AvgIpc) is 2.67. The first-order chi connectivity index (χ1) is 13.5. The van der Waals surface area contributed by atoms with Crippen molar-refractivity contribution in [2.45, 2.75) is 31.7 Å². The molecule has 2 heterocycles. The first kappa shape index (κ1) is 20.0. The van der Waals surface area contributed by atoms with Crippen molar-refractivity contribution < 1.29 is 14.3 Å². The number of nitrogens with zero attached hydrogens (tertiary/aromatic N) is 2. The minimum absolute atomic E-state index is 0.0963. The number of nitrogens with one attached hydrogen (secondary N) is 1. The van der Waals surface area contributed by atoms with Gasteiger partial charge in [-0.15, -0.1) is 11.8 Å². The van der Waals surface area contributed by atoms with Gasteiger partial charge >= 0.3 is 0 Å². The van der Waals surface area contributed by atoms with Gasteiger partial charge in [0.15, 0.2) is 11.5 Å². The third kappa shape index (κ3) is 5.40. The van der Waals surface area contributed by atoms with Crippen LogP contribution < -0.4 is 14.8 Å². The Kier molecular flexibility index (Phi) is 6.77. The number of pyridine rings is 1. The summed E-state index contributed by atoms with van der Waals surface area (Å²) >= 11 is 1.44. The van der Waals surface area contributed by atoms with Crippen molar-refractivity contribution in [1.82, 2.24) is 4.98 Å². The van der Waals surface area contributed by atoms with Crippen LogP contribution in [0.5, 0.6) is 11.5 Å². The van der Waals surface area contributed by atoms with Crippen molar-refractivity contribution in [2.75, 3.05) is 24.3 Å². The molecule has 0 unspecified atom stereocenters. The SMILES string of the molecule is CC(C)Cc1ccc(C#N)c(SCCC(=O)Nc2ccc3c(c2)OCCO3)n1. The van der Waals surface area contributed by atoms with Crippen LogP contribution in [0.1, 0.15) is 31.5 Å². The highest BCUT2D eigenvalue weighted by atomic mass is 32.2. The lowest BCUT2D eigenvalue weighted by atomic mass is 10.1. The van der Waals surface area contributed by atoms with E-state index in [0.29, 0.717) is 59.1 Å². The summed E-state index contributed by atoms with van der Waals surface area (Å²) in [4.78, 5) is 16.8. The summed E-state index contributed by atoms with van der Waals surface area (Å²) in [5.41, 5.74) is 2.19. The molecule has 1 aliphatic heterocycles. The van der Waals surface area contributed by atoms with Crippen molar-refractivity contribution >= 4 is 23.4 Å². The molecule has 0 saturated carbocycles. The molecule has 7 heteroatoms. The van der Waals surface area contributed by atoms with Crippen molar-refractivity contribution in [2.24, 2.45) is 5.92 Å². The van der Waals surface area contributed by atoms with Gasteiger partial charge < -0.3 is 14.8 Å². The number of hydrogen-bond acceptors (Lipinski definition) is 6. The summed E-state index contributed by atoms with van der Waals surface area (Å²) in [6.07, 6.45) is 1.18. The second kappa shape index (κ2) is 9.47. The monoisotopic (exact) mass is 397 g/mol. The molecule has 28 heavy (non-hydrogen) atoms. The molecule has 0 fully saturated rings. The van der Waals surface area contributed by atoms with Crippen LogP contribution in [0.4, 0.5) is 5.69 Å².